The van der Waals surface area contributed by atoms with Crippen LogP contribution in [0.25, 0.3) is 0 Å². The molecule has 0 bridgehead atoms. The number of carboxylic acid groups (broad SMARTS) is 1. The van der Waals surface area contributed by atoms with Crippen LogP contribution in [-0.2, 0) is 9.59 Å². The number of carbonyl (C=O) groups excluding carboxylic acids is 1. The van der Waals surface area contributed by atoms with E-state index in [1.165, 1.54) is 0 Å². The van der Waals surface area contributed by atoms with Gasteiger partial charge >= 0.3 is 5.97 Å². The van der Waals surface area contributed by atoms with Crippen molar-refractivity contribution in [3.8, 4) is 11.5 Å². The predicted molar refractivity (Wildman–Crippen MR) is 101 cm³/mol. The Labute approximate surface area is 157 Å². The average Bonchev–Trinajstić information content (AvgIpc) is 2.57. The smallest absolute Gasteiger partial charge is 0.317 e. The summed E-state index contributed by atoms with van der Waals surface area (Å²) in [6, 6.07) is 14.0. The SMILES string of the molecule is CC(C)N(CC(=O)O)CC(=O)Nc1ccc(Oc2ccccc2Cl)cc1. The number of aliphatic carboxylic acids is 1. The van der Waals surface area contributed by atoms with E-state index in [9.17, 15) is 9.59 Å². The third-order valence-electron chi connectivity index (χ3n) is 3.62. The van der Waals surface area contributed by atoms with Crippen LogP contribution < -0.4 is 10.1 Å². The molecular weight excluding hydrogens is 356 g/mol. The first-order valence-electron chi connectivity index (χ1n) is 8.13. The van der Waals surface area contributed by atoms with Crippen LogP contribution in [0.3, 0.4) is 0 Å². The van der Waals surface area contributed by atoms with Gasteiger partial charge in [0, 0.05) is 11.7 Å². The van der Waals surface area contributed by atoms with Gasteiger partial charge in [-0.05, 0) is 50.2 Å². The minimum absolute atomic E-state index is 0.00183. The van der Waals surface area contributed by atoms with Crippen molar-refractivity contribution in [1.82, 2.24) is 4.90 Å². The van der Waals surface area contributed by atoms with Crippen molar-refractivity contribution >= 4 is 29.2 Å². The Balaban J connectivity index is 1.94. The number of ether oxygens (including phenoxy) is 1. The van der Waals surface area contributed by atoms with Crippen molar-refractivity contribution in [3.63, 3.8) is 0 Å². The molecule has 0 aliphatic heterocycles. The molecule has 0 saturated heterocycles. The summed E-state index contributed by atoms with van der Waals surface area (Å²) in [5.41, 5.74) is 0.598. The number of carbonyl (C=O) groups is 2. The van der Waals surface area contributed by atoms with Crippen LogP contribution in [0.1, 0.15) is 13.8 Å². The third-order valence-corrected chi connectivity index (χ3v) is 3.93. The lowest BCUT2D eigenvalue weighted by atomic mass is 10.2. The van der Waals surface area contributed by atoms with Crippen LogP contribution in [0.4, 0.5) is 5.69 Å². The van der Waals surface area contributed by atoms with Crippen molar-refractivity contribution in [3.05, 3.63) is 53.6 Å². The highest BCUT2D eigenvalue weighted by molar-refractivity contribution is 6.32. The highest BCUT2D eigenvalue weighted by Crippen LogP contribution is 2.29. The second-order valence-electron chi connectivity index (χ2n) is 6.00. The van der Waals surface area contributed by atoms with Crippen LogP contribution >= 0.6 is 11.6 Å². The summed E-state index contributed by atoms with van der Waals surface area (Å²) in [5.74, 6) is -0.106. The fourth-order valence-corrected chi connectivity index (χ4v) is 2.41. The molecule has 6 nitrogen and oxygen atoms in total. The lowest BCUT2D eigenvalue weighted by molar-refractivity contribution is -0.139. The van der Waals surface area contributed by atoms with Gasteiger partial charge < -0.3 is 15.2 Å². The summed E-state index contributed by atoms with van der Waals surface area (Å²) >= 11 is 6.06. The number of nitrogens with one attached hydrogen (secondary N) is 1. The number of hydrogen-bond donors (Lipinski definition) is 2. The monoisotopic (exact) mass is 376 g/mol. The largest absolute Gasteiger partial charge is 0.480 e. The third kappa shape index (κ3) is 6.06. The van der Waals surface area contributed by atoms with Gasteiger partial charge in [0.25, 0.3) is 0 Å². The molecule has 0 aliphatic rings. The maximum Gasteiger partial charge on any atom is 0.317 e. The van der Waals surface area contributed by atoms with E-state index in [1.807, 2.05) is 26.0 Å². The molecule has 0 fully saturated rings. The first kappa shape index (κ1) is 19.8. The number of anilines is 1. The number of hydrogen-bond acceptors (Lipinski definition) is 4. The zero-order valence-electron chi connectivity index (χ0n) is 14.6. The van der Waals surface area contributed by atoms with Crippen molar-refractivity contribution < 1.29 is 19.4 Å². The number of halogens is 1. The first-order chi connectivity index (χ1) is 12.3. The summed E-state index contributed by atoms with van der Waals surface area (Å²) in [7, 11) is 0. The molecule has 2 aromatic carbocycles. The van der Waals surface area contributed by atoms with Gasteiger partial charge in [0.15, 0.2) is 0 Å². The van der Waals surface area contributed by atoms with E-state index < -0.39 is 5.97 Å². The summed E-state index contributed by atoms with van der Waals surface area (Å²) in [4.78, 5) is 24.6. The number of para-hydroxylation sites is 1. The molecule has 2 N–H and O–H groups in total. The van der Waals surface area contributed by atoms with Gasteiger partial charge in [-0.1, -0.05) is 23.7 Å². The Kier molecular flexibility index (Phi) is 7.00. The van der Waals surface area contributed by atoms with Crippen LogP contribution in [-0.4, -0.2) is 41.0 Å². The van der Waals surface area contributed by atoms with Crippen LogP contribution in [0.15, 0.2) is 48.5 Å². The highest BCUT2D eigenvalue weighted by Gasteiger charge is 2.17. The van der Waals surface area contributed by atoms with Crippen LogP contribution in [0.5, 0.6) is 11.5 Å². The first-order valence-corrected chi connectivity index (χ1v) is 8.51. The summed E-state index contributed by atoms with van der Waals surface area (Å²) in [6.45, 7) is 3.51. The minimum atomic E-state index is -0.965. The van der Waals surface area contributed by atoms with Gasteiger partial charge in [-0.3, -0.25) is 14.5 Å². The molecule has 0 aliphatic carbocycles. The molecule has 0 spiro atoms. The Hall–Kier alpha value is -2.57. The van der Waals surface area contributed by atoms with Gasteiger partial charge in [0.05, 0.1) is 18.1 Å². The number of amides is 1. The minimum Gasteiger partial charge on any atom is -0.480 e. The highest BCUT2D eigenvalue weighted by atomic mass is 35.5. The second-order valence-corrected chi connectivity index (χ2v) is 6.40. The van der Waals surface area contributed by atoms with E-state index in [0.717, 1.165) is 0 Å². The van der Waals surface area contributed by atoms with Crippen LogP contribution in [0.2, 0.25) is 5.02 Å². The second kappa shape index (κ2) is 9.22. The molecular formula is C19H21ClN2O4. The van der Waals surface area contributed by atoms with Crippen molar-refractivity contribution in [1.29, 1.82) is 0 Å². The molecule has 26 heavy (non-hydrogen) atoms. The zero-order valence-corrected chi connectivity index (χ0v) is 15.4. The summed E-state index contributed by atoms with van der Waals surface area (Å²) in [5, 5.41) is 12.2. The maximum absolute atomic E-state index is 12.1. The quantitative estimate of drug-likeness (QED) is 0.731. The predicted octanol–water partition coefficient (Wildman–Crippen LogP) is 3.87. The fourth-order valence-electron chi connectivity index (χ4n) is 2.24. The molecule has 2 rings (SSSR count). The number of carboxylic acids is 1. The van der Waals surface area contributed by atoms with E-state index in [-0.39, 0.29) is 25.0 Å². The van der Waals surface area contributed by atoms with Gasteiger partial charge in [0.1, 0.15) is 11.5 Å². The summed E-state index contributed by atoms with van der Waals surface area (Å²) in [6.07, 6.45) is 0. The molecule has 0 heterocycles. The maximum atomic E-state index is 12.1. The normalized spacial score (nSPS) is 10.8. The lowest BCUT2D eigenvalue weighted by Gasteiger charge is -2.23. The van der Waals surface area contributed by atoms with E-state index in [2.05, 4.69) is 5.32 Å². The Morgan fingerprint density at radius 1 is 1.12 bits per heavy atom. The topological polar surface area (TPSA) is 78.9 Å². The van der Waals surface area contributed by atoms with E-state index in [0.29, 0.717) is 22.2 Å². The summed E-state index contributed by atoms with van der Waals surface area (Å²) < 4.78 is 5.69. The fraction of sp³-hybridized carbons (Fsp3) is 0.263. The molecule has 7 heteroatoms. The van der Waals surface area contributed by atoms with E-state index in [4.69, 9.17) is 21.4 Å². The molecule has 0 aromatic heterocycles. The Bertz CT molecular complexity index is 762. The van der Waals surface area contributed by atoms with Crippen molar-refractivity contribution in [2.24, 2.45) is 0 Å². The molecule has 0 radical (unpaired) electrons. The van der Waals surface area contributed by atoms with Gasteiger partial charge in [-0.15, -0.1) is 0 Å². The molecule has 0 atom stereocenters. The molecule has 2 aromatic rings. The molecule has 1 amide bonds. The number of rotatable bonds is 8. The number of nitrogens with zero attached hydrogens (tertiary/aromatic N) is 1. The average molecular weight is 377 g/mol. The Morgan fingerprint density at radius 2 is 1.77 bits per heavy atom. The molecule has 0 saturated carbocycles. The van der Waals surface area contributed by atoms with Crippen molar-refractivity contribution in [2.45, 2.75) is 19.9 Å². The van der Waals surface area contributed by atoms with Crippen LogP contribution in [0, 0.1) is 0 Å². The Morgan fingerprint density at radius 3 is 2.35 bits per heavy atom. The van der Waals surface area contributed by atoms with Gasteiger partial charge in [-0.2, -0.15) is 0 Å². The lowest BCUT2D eigenvalue weighted by Crippen LogP contribution is -2.41. The van der Waals surface area contributed by atoms with E-state index >= 15 is 0 Å². The standard InChI is InChI=1S/C19H21ClN2O4/c1-13(2)22(12-19(24)25)11-18(23)21-14-7-9-15(10-8-14)26-17-6-4-3-5-16(17)20/h3-10,13H,11-12H2,1-2H3,(H,21,23)(H,24,25). The zero-order chi connectivity index (χ0) is 19.1. The van der Waals surface area contributed by atoms with Crippen molar-refractivity contribution in [2.75, 3.05) is 18.4 Å². The molecule has 138 valence electrons. The van der Waals surface area contributed by atoms with Gasteiger partial charge in [0.2, 0.25) is 5.91 Å². The van der Waals surface area contributed by atoms with Gasteiger partial charge in [-0.25, -0.2) is 0 Å². The van der Waals surface area contributed by atoms with E-state index in [1.54, 1.807) is 41.3 Å². The molecule has 0 unspecified atom stereocenters. The number of benzene rings is 2.